The Labute approximate surface area is 153 Å². The minimum atomic E-state index is -0.859. The first-order valence-corrected chi connectivity index (χ1v) is 9.29. The number of nitrogens with zero attached hydrogens (tertiary/aromatic N) is 1. The summed E-state index contributed by atoms with van der Waals surface area (Å²) in [4.78, 5) is 14.3. The van der Waals surface area contributed by atoms with Gasteiger partial charge >= 0.3 is 0 Å². The number of halogens is 2. The second-order valence-corrected chi connectivity index (χ2v) is 7.17. The number of carbonyl (C=O) groups excluding carboxylic acids is 1. The Morgan fingerprint density at radius 3 is 2.35 bits per heavy atom. The van der Waals surface area contributed by atoms with Crippen molar-refractivity contribution in [1.82, 2.24) is 4.90 Å². The molecule has 1 aliphatic rings. The van der Waals surface area contributed by atoms with Crippen molar-refractivity contribution in [3.63, 3.8) is 0 Å². The topological polar surface area (TPSA) is 20.3 Å². The summed E-state index contributed by atoms with van der Waals surface area (Å²) in [6.45, 7) is 0. The van der Waals surface area contributed by atoms with E-state index in [2.05, 4.69) is 24.3 Å². The summed E-state index contributed by atoms with van der Waals surface area (Å²) >= 11 is 0. The lowest BCUT2D eigenvalue weighted by Crippen LogP contribution is -2.39. The lowest BCUT2D eigenvalue weighted by Gasteiger charge is -2.35. The van der Waals surface area contributed by atoms with Gasteiger partial charge in [-0.2, -0.15) is 0 Å². The number of amides is 1. The van der Waals surface area contributed by atoms with Gasteiger partial charge in [0.05, 0.1) is 0 Å². The average molecular weight is 357 g/mol. The van der Waals surface area contributed by atoms with Gasteiger partial charge in [0.15, 0.2) is 11.6 Å². The molecule has 0 unspecified atom stereocenters. The molecule has 1 aliphatic carbocycles. The Balaban J connectivity index is 1.49. The molecule has 0 N–H and O–H groups in total. The van der Waals surface area contributed by atoms with Gasteiger partial charge in [-0.3, -0.25) is 4.79 Å². The summed E-state index contributed by atoms with van der Waals surface area (Å²) in [5, 5.41) is 0. The van der Waals surface area contributed by atoms with Gasteiger partial charge in [0.2, 0.25) is 5.91 Å². The molecule has 3 rings (SSSR count). The van der Waals surface area contributed by atoms with Gasteiger partial charge in [0.25, 0.3) is 0 Å². The summed E-state index contributed by atoms with van der Waals surface area (Å²) in [5.41, 5.74) is 2.04. The van der Waals surface area contributed by atoms with Crippen molar-refractivity contribution in [2.45, 2.75) is 50.5 Å². The molecule has 0 spiro atoms. The largest absolute Gasteiger partial charge is 0.343 e. The van der Waals surface area contributed by atoms with Gasteiger partial charge in [-0.15, -0.1) is 0 Å². The van der Waals surface area contributed by atoms with Crippen molar-refractivity contribution in [2.75, 3.05) is 7.05 Å². The SMILES string of the molecule is CN(C(=O)CCc1ccc(F)c(F)c1)C1CCC(c2ccccc2)CC1. The van der Waals surface area contributed by atoms with E-state index in [9.17, 15) is 13.6 Å². The highest BCUT2D eigenvalue weighted by atomic mass is 19.2. The van der Waals surface area contributed by atoms with Crippen LogP contribution in [0.1, 0.15) is 49.1 Å². The number of hydrogen-bond donors (Lipinski definition) is 0. The molecule has 138 valence electrons. The zero-order chi connectivity index (χ0) is 18.5. The van der Waals surface area contributed by atoms with E-state index < -0.39 is 11.6 Å². The van der Waals surface area contributed by atoms with E-state index >= 15 is 0 Å². The average Bonchev–Trinajstić information content (AvgIpc) is 2.69. The first-order chi connectivity index (χ1) is 12.5. The second kappa shape index (κ2) is 8.43. The molecule has 0 aliphatic heterocycles. The van der Waals surface area contributed by atoms with Gasteiger partial charge in [-0.25, -0.2) is 8.78 Å². The number of aryl methyl sites for hydroxylation is 1. The molecule has 1 fully saturated rings. The molecule has 0 saturated heterocycles. The van der Waals surface area contributed by atoms with Gasteiger partial charge in [-0.1, -0.05) is 36.4 Å². The smallest absolute Gasteiger partial charge is 0.222 e. The van der Waals surface area contributed by atoms with E-state index in [1.807, 2.05) is 18.0 Å². The van der Waals surface area contributed by atoms with Gasteiger partial charge in [-0.05, 0) is 61.3 Å². The van der Waals surface area contributed by atoms with E-state index in [0.717, 1.165) is 31.7 Å². The normalized spacial score (nSPS) is 20.0. The predicted octanol–water partition coefficient (Wildman–Crippen LogP) is 5.08. The molecule has 2 aromatic rings. The van der Waals surface area contributed by atoms with Crippen molar-refractivity contribution >= 4 is 5.91 Å². The molecule has 0 bridgehead atoms. The molecular formula is C22H25F2NO. The van der Waals surface area contributed by atoms with Crippen molar-refractivity contribution in [1.29, 1.82) is 0 Å². The minimum absolute atomic E-state index is 0.0675. The van der Waals surface area contributed by atoms with Gasteiger partial charge in [0, 0.05) is 19.5 Å². The Bertz CT molecular complexity index is 739. The summed E-state index contributed by atoms with van der Waals surface area (Å²) in [5.74, 6) is -1.06. The van der Waals surface area contributed by atoms with Crippen molar-refractivity contribution in [3.8, 4) is 0 Å². The van der Waals surface area contributed by atoms with E-state index in [1.165, 1.54) is 17.7 Å². The first kappa shape index (κ1) is 18.6. The number of benzene rings is 2. The molecule has 4 heteroatoms. The number of rotatable bonds is 5. The molecule has 1 amide bonds. The van der Waals surface area contributed by atoms with Crippen LogP contribution in [0.15, 0.2) is 48.5 Å². The van der Waals surface area contributed by atoms with Crippen molar-refractivity contribution in [2.24, 2.45) is 0 Å². The molecule has 1 saturated carbocycles. The lowest BCUT2D eigenvalue weighted by atomic mass is 9.81. The molecule has 0 heterocycles. The van der Waals surface area contributed by atoms with Crippen LogP contribution in [-0.2, 0) is 11.2 Å². The third kappa shape index (κ3) is 4.48. The Morgan fingerprint density at radius 2 is 1.69 bits per heavy atom. The lowest BCUT2D eigenvalue weighted by molar-refractivity contribution is -0.132. The first-order valence-electron chi connectivity index (χ1n) is 9.29. The Hall–Kier alpha value is -2.23. The van der Waals surface area contributed by atoms with E-state index in [0.29, 0.717) is 24.3 Å². The highest BCUT2D eigenvalue weighted by Crippen LogP contribution is 2.34. The number of hydrogen-bond acceptors (Lipinski definition) is 1. The molecule has 0 aromatic heterocycles. The Morgan fingerprint density at radius 1 is 1.00 bits per heavy atom. The predicted molar refractivity (Wildman–Crippen MR) is 98.9 cm³/mol. The van der Waals surface area contributed by atoms with Crippen LogP contribution in [0.5, 0.6) is 0 Å². The second-order valence-electron chi connectivity index (χ2n) is 7.17. The summed E-state index contributed by atoms with van der Waals surface area (Å²) in [6, 6.07) is 14.7. The summed E-state index contributed by atoms with van der Waals surface area (Å²) in [6.07, 6.45) is 4.95. The maximum atomic E-state index is 13.3. The fraction of sp³-hybridized carbons (Fsp3) is 0.409. The monoisotopic (exact) mass is 357 g/mol. The van der Waals surface area contributed by atoms with Crippen LogP contribution < -0.4 is 0 Å². The fourth-order valence-electron chi connectivity index (χ4n) is 3.85. The molecule has 2 nitrogen and oxygen atoms in total. The highest BCUT2D eigenvalue weighted by Gasteiger charge is 2.27. The molecular weight excluding hydrogens is 332 g/mol. The third-order valence-corrected chi connectivity index (χ3v) is 5.52. The maximum absolute atomic E-state index is 13.3. The van der Waals surface area contributed by atoms with Crippen LogP contribution in [0, 0.1) is 11.6 Å². The fourth-order valence-corrected chi connectivity index (χ4v) is 3.85. The molecule has 2 aromatic carbocycles. The maximum Gasteiger partial charge on any atom is 0.222 e. The zero-order valence-electron chi connectivity index (χ0n) is 15.1. The van der Waals surface area contributed by atoms with Crippen LogP contribution in [0.4, 0.5) is 8.78 Å². The standard InChI is InChI=1S/C22H25F2NO/c1-25(22(26)14-8-16-7-13-20(23)21(24)15-16)19-11-9-18(10-12-19)17-5-3-2-4-6-17/h2-7,13,15,18-19H,8-12,14H2,1H3. The van der Waals surface area contributed by atoms with Crippen molar-refractivity contribution < 1.29 is 13.6 Å². The Kier molecular flexibility index (Phi) is 6.02. The van der Waals surface area contributed by atoms with Crippen LogP contribution >= 0.6 is 0 Å². The van der Waals surface area contributed by atoms with Gasteiger partial charge < -0.3 is 4.90 Å². The summed E-state index contributed by atoms with van der Waals surface area (Å²) in [7, 11) is 1.86. The molecule has 0 atom stereocenters. The third-order valence-electron chi connectivity index (χ3n) is 5.52. The van der Waals surface area contributed by atoms with Crippen LogP contribution in [0.3, 0.4) is 0 Å². The van der Waals surface area contributed by atoms with E-state index in [4.69, 9.17) is 0 Å². The minimum Gasteiger partial charge on any atom is -0.343 e. The number of carbonyl (C=O) groups is 1. The van der Waals surface area contributed by atoms with E-state index in [-0.39, 0.29) is 11.9 Å². The zero-order valence-corrected chi connectivity index (χ0v) is 15.1. The quantitative estimate of drug-likeness (QED) is 0.730. The molecule has 0 radical (unpaired) electrons. The summed E-state index contributed by atoms with van der Waals surface area (Å²) < 4.78 is 26.2. The van der Waals surface area contributed by atoms with Crippen LogP contribution in [0.25, 0.3) is 0 Å². The highest BCUT2D eigenvalue weighted by molar-refractivity contribution is 5.76. The van der Waals surface area contributed by atoms with Crippen molar-refractivity contribution in [3.05, 3.63) is 71.3 Å². The van der Waals surface area contributed by atoms with Gasteiger partial charge in [0.1, 0.15) is 0 Å². The molecule has 26 heavy (non-hydrogen) atoms. The van der Waals surface area contributed by atoms with Crippen LogP contribution in [0.2, 0.25) is 0 Å². The van der Waals surface area contributed by atoms with Crippen LogP contribution in [-0.4, -0.2) is 23.9 Å². The van der Waals surface area contributed by atoms with E-state index in [1.54, 1.807) is 0 Å².